The lowest BCUT2D eigenvalue weighted by Crippen LogP contribution is -2.35. The van der Waals surface area contributed by atoms with E-state index in [0.717, 1.165) is 25.5 Å². The van der Waals surface area contributed by atoms with Gasteiger partial charge in [-0.15, -0.1) is 0 Å². The first-order valence-corrected chi connectivity index (χ1v) is 5.71. The molecule has 0 spiro atoms. The summed E-state index contributed by atoms with van der Waals surface area (Å²) < 4.78 is 13.5. The van der Waals surface area contributed by atoms with Gasteiger partial charge in [-0.25, -0.2) is 4.39 Å². The predicted molar refractivity (Wildman–Crippen MR) is 64.6 cm³/mol. The Labute approximate surface area is 104 Å². The van der Waals surface area contributed by atoms with E-state index in [1.807, 2.05) is 0 Å². The van der Waals surface area contributed by atoms with Crippen LogP contribution >= 0.6 is 0 Å². The van der Waals surface area contributed by atoms with Crippen molar-refractivity contribution in [3.05, 3.63) is 29.6 Å². The maximum absolute atomic E-state index is 13.5. The van der Waals surface area contributed by atoms with E-state index in [2.05, 4.69) is 10.6 Å². The second kappa shape index (κ2) is 5.14. The Morgan fingerprint density at radius 3 is 2.83 bits per heavy atom. The van der Waals surface area contributed by atoms with Crippen LogP contribution in [0.2, 0.25) is 0 Å². The molecular formula is C12H14FN3O2. The molecule has 6 heteroatoms. The van der Waals surface area contributed by atoms with Crippen LogP contribution in [0.25, 0.3) is 0 Å². The molecule has 0 bridgehead atoms. The third kappa shape index (κ3) is 2.65. The normalized spacial score (nSPS) is 18.6. The molecule has 1 aliphatic rings. The van der Waals surface area contributed by atoms with Crippen LogP contribution in [0, 0.1) is 5.82 Å². The van der Waals surface area contributed by atoms with Gasteiger partial charge < -0.3 is 16.4 Å². The third-order valence-corrected chi connectivity index (χ3v) is 2.89. The van der Waals surface area contributed by atoms with Gasteiger partial charge in [0.1, 0.15) is 5.82 Å². The highest BCUT2D eigenvalue weighted by molar-refractivity contribution is 5.98. The van der Waals surface area contributed by atoms with E-state index in [0.29, 0.717) is 0 Å². The van der Waals surface area contributed by atoms with Gasteiger partial charge in [0, 0.05) is 5.56 Å². The van der Waals surface area contributed by atoms with Crippen LogP contribution in [-0.2, 0) is 4.79 Å². The van der Waals surface area contributed by atoms with E-state index in [-0.39, 0.29) is 23.2 Å². The smallest absolute Gasteiger partial charge is 0.248 e. The highest BCUT2D eigenvalue weighted by Crippen LogP contribution is 2.17. The monoisotopic (exact) mass is 251 g/mol. The van der Waals surface area contributed by atoms with Crippen molar-refractivity contribution < 1.29 is 14.0 Å². The molecule has 1 aliphatic heterocycles. The molecule has 5 nitrogen and oxygen atoms in total. The van der Waals surface area contributed by atoms with Gasteiger partial charge in [-0.3, -0.25) is 9.59 Å². The number of hydrogen-bond donors (Lipinski definition) is 3. The van der Waals surface area contributed by atoms with Gasteiger partial charge in [0.2, 0.25) is 11.8 Å². The minimum Gasteiger partial charge on any atom is -0.366 e. The molecule has 0 radical (unpaired) electrons. The minimum absolute atomic E-state index is 0.0231. The van der Waals surface area contributed by atoms with Crippen molar-refractivity contribution >= 4 is 17.5 Å². The second-order valence-electron chi connectivity index (χ2n) is 4.20. The van der Waals surface area contributed by atoms with E-state index < -0.39 is 11.7 Å². The fraction of sp³-hybridized carbons (Fsp3) is 0.333. The van der Waals surface area contributed by atoms with Crippen molar-refractivity contribution in [2.24, 2.45) is 5.73 Å². The first-order chi connectivity index (χ1) is 8.58. The van der Waals surface area contributed by atoms with Gasteiger partial charge in [0.25, 0.3) is 0 Å². The topological polar surface area (TPSA) is 84.2 Å². The zero-order chi connectivity index (χ0) is 13.1. The molecule has 18 heavy (non-hydrogen) atoms. The summed E-state index contributed by atoms with van der Waals surface area (Å²) in [7, 11) is 0. The van der Waals surface area contributed by atoms with E-state index in [9.17, 15) is 14.0 Å². The molecule has 0 aromatic heterocycles. The molecule has 96 valence electrons. The van der Waals surface area contributed by atoms with Crippen LogP contribution in [0.15, 0.2) is 18.2 Å². The largest absolute Gasteiger partial charge is 0.366 e. The molecule has 1 aromatic carbocycles. The van der Waals surface area contributed by atoms with Crippen LogP contribution in [0.4, 0.5) is 10.1 Å². The second-order valence-corrected chi connectivity index (χ2v) is 4.20. The van der Waals surface area contributed by atoms with Crippen LogP contribution in [0.1, 0.15) is 23.2 Å². The van der Waals surface area contributed by atoms with Crippen molar-refractivity contribution in [2.75, 3.05) is 11.9 Å². The Kier molecular flexibility index (Phi) is 3.57. The Morgan fingerprint density at radius 2 is 2.22 bits per heavy atom. The van der Waals surface area contributed by atoms with Crippen LogP contribution in [-0.4, -0.2) is 24.4 Å². The number of primary amides is 1. The van der Waals surface area contributed by atoms with Gasteiger partial charge in [0.05, 0.1) is 11.7 Å². The van der Waals surface area contributed by atoms with Crippen molar-refractivity contribution in [3.63, 3.8) is 0 Å². The molecule has 2 rings (SSSR count). The summed E-state index contributed by atoms with van der Waals surface area (Å²) in [5, 5.41) is 5.47. The summed E-state index contributed by atoms with van der Waals surface area (Å²) >= 11 is 0. The van der Waals surface area contributed by atoms with Gasteiger partial charge in [-0.1, -0.05) is 0 Å². The van der Waals surface area contributed by atoms with E-state index in [1.54, 1.807) is 0 Å². The predicted octanol–water partition coefficient (Wildman–Crippen LogP) is 0.615. The van der Waals surface area contributed by atoms with E-state index in [4.69, 9.17) is 5.73 Å². The number of hydrogen-bond acceptors (Lipinski definition) is 3. The average Bonchev–Trinajstić information content (AvgIpc) is 2.85. The Bertz CT molecular complexity index is 484. The van der Waals surface area contributed by atoms with Crippen molar-refractivity contribution in [1.82, 2.24) is 5.32 Å². The summed E-state index contributed by atoms with van der Waals surface area (Å²) in [6.45, 7) is 0.780. The third-order valence-electron chi connectivity index (χ3n) is 2.89. The lowest BCUT2D eigenvalue weighted by atomic mass is 10.1. The van der Waals surface area contributed by atoms with E-state index >= 15 is 0 Å². The zero-order valence-corrected chi connectivity index (χ0v) is 9.70. The molecule has 1 fully saturated rings. The minimum atomic E-state index is -0.663. The quantitative estimate of drug-likeness (QED) is 0.736. The molecule has 1 aromatic rings. The Hall–Kier alpha value is -1.95. The number of anilines is 1. The zero-order valence-electron chi connectivity index (χ0n) is 9.70. The van der Waals surface area contributed by atoms with E-state index in [1.165, 1.54) is 12.1 Å². The highest BCUT2D eigenvalue weighted by atomic mass is 19.1. The SMILES string of the molecule is NC(=O)c1ccc(F)c(NC(=O)C2CCCN2)c1. The van der Waals surface area contributed by atoms with Gasteiger partial charge in [0.15, 0.2) is 0 Å². The first kappa shape index (κ1) is 12.5. The van der Waals surface area contributed by atoms with Gasteiger partial charge in [-0.05, 0) is 37.6 Å². The lowest BCUT2D eigenvalue weighted by Gasteiger charge is -2.12. The number of halogens is 1. The molecular weight excluding hydrogens is 237 g/mol. The van der Waals surface area contributed by atoms with Crippen LogP contribution in [0.5, 0.6) is 0 Å². The average molecular weight is 251 g/mol. The van der Waals surface area contributed by atoms with Crippen molar-refractivity contribution in [3.8, 4) is 0 Å². The standard InChI is InChI=1S/C12H14FN3O2/c13-8-4-3-7(11(14)17)6-10(8)16-12(18)9-2-1-5-15-9/h3-4,6,9,15H,1-2,5H2,(H2,14,17)(H,16,18). The number of nitrogens with one attached hydrogen (secondary N) is 2. The lowest BCUT2D eigenvalue weighted by molar-refractivity contribution is -0.117. The molecule has 0 aliphatic carbocycles. The number of benzene rings is 1. The maximum atomic E-state index is 13.5. The Morgan fingerprint density at radius 1 is 1.44 bits per heavy atom. The van der Waals surface area contributed by atoms with Crippen molar-refractivity contribution in [1.29, 1.82) is 0 Å². The Balaban J connectivity index is 2.14. The molecule has 1 heterocycles. The van der Waals surface area contributed by atoms with Gasteiger partial charge >= 0.3 is 0 Å². The molecule has 1 saturated heterocycles. The molecule has 1 unspecified atom stereocenters. The van der Waals surface area contributed by atoms with Crippen LogP contribution in [0.3, 0.4) is 0 Å². The summed E-state index contributed by atoms with van der Waals surface area (Å²) in [6.07, 6.45) is 1.64. The van der Waals surface area contributed by atoms with Crippen LogP contribution < -0.4 is 16.4 Å². The highest BCUT2D eigenvalue weighted by Gasteiger charge is 2.22. The summed E-state index contributed by atoms with van der Waals surface area (Å²) in [4.78, 5) is 22.8. The summed E-state index contributed by atoms with van der Waals surface area (Å²) in [5.41, 5.74) is 5.23. The number of carbonyl (C=O) groups is 2. The molecule has 1 atom stereocenters. The number of nitrogens with two attached hydrogens (primary N) is 1. The molecule has 0 saturated carbocycles. The maximum Gasteiger partial charge on any atom is 0.248 e. The molecule has 4 N–H and O–H groups in total. The molecule has 2 amide bonds. The number of rotatable bonds is 3. The number of amides is 2. The summed E-state index contributed by atoms with van der Waals surface area (Å²) in [6, 6.07) is 3.32. The number of carbonyl (C=O) groups excluding carboxylic acids is 2. The fourth-order valence-electron chi connectivity index (χ4n) is 1.90. The van der Waals surface area contributed by atoms with Gasteiger partial charge in [-0.2, -0.15) is 0 Å². The fourth-order valence-corrected chi connectivity index (χ4v) is 1.90. The first-order valence-electron chi connectivity index (χ1n) is 5.71. The van der Waals surface area contributed by atoms with Crippen molar-refractivity contribution in [2.45, 2.75) is 18.9 Å². The summed E-state index contributed by atoms with van der Waals surface area (Å²) in [5.74, 6) is -1.55.